The van der Waals surface area contributed by atoms with E-state index in [0.717, 1.165) is 6.92 Å². The molecule has 0 aromatic carbocycles. The first-order valence-electron chi connectivity index (χ1n) is 3.31. The molecule has 8 heteroatoms. The molecule has 0 amide bonds. The molecule has 0 rings (SSSR count). The largest absolute Gasteiger partial charge is 0.470 e. The van der Waals surface area contributed by atoms with E-state index in [1.165, 1.54) is 0 Å². The number of rotatable bonds is 5. The van der Waals surface area contributed by atoms with Crippen molar-refractivity contribution in [1.29, 1.82) is 0 Å². The summed E-state index contributed by atoms with van der Waals surface area (Å²) >= 11 is 0. The lowest BCUT2D eigenvalue weighted by Gasteiger charge is -2.18. The summed E-state index contributed by atoms with van der Waals surface area (Å²) in [6.07, 6.45) is -3.34. The van der Waals surface area contributed by atoms with Gasteiger partial charge in [0, 0.05) is 0 Å². The number of carbonyl (C=O) groups is 1. The van der Waals surface area contributed by atoms with E-state index < -0.39 is 32.4 Å². The van der Waals surface area contributed by atoms with Gasteiger partial charge in [0.25, 0.3) is 0 Å². The van der Waals surface area contributed by atoms with Crippen molar-refractivity contribution in [3.05, 3.63) is 0 Å². The van der Waals surface area contributed by atoms with Gasteiger partial charge in [0.1, 0.15) is 6.10 Å². The number of phosphoric ester groups is 1. The monoisotopic (exact) mass is 214 g/mol. The average molecular weight is 214 g/mol. The molecule has 0 spiro atoms. The predicted octanol–water partition coefficient (Wildman–Crippen LogP) is -1.59. The second kappa shape index (κ2) is 4.80. The van der Waals surface area contributed by atoms with Crippen LogP contribution in [0.1, 0.15) is 6.92 Å². The Morgan fingerprint density at radius 2 is 2.00 bits per heavy atom. The maximum atomic E-state index is 10.7. The Morgan fingerprint density at radius 1 is 1.54 bits per heavy atom. The Bertz CT molecular complexity index is 221. The number of Topliss-reactive ketones (excluding diaryl/α,β-unsaturated/α-hetero) is 1. The molecule has 0 heterocycles. The average Bonchev–Trinajstić information content (AvgIpc) is 1.96. The van der Waals surface area contributed by atoms with E-state index in [0.29, 0.717) is 0 Å². The first-order valence-corrected chi connectivity index (χ1v) is 4.84. The number of hydrogen-bond acceptors (Lipinski definition) is 5. The second-order valence-corrected chi connectivity index (χ2v) is 3.57. The van der Waals surface area contributed by atoms with Crippen molar-refractivity contribution >= 4 is 13.6 Å². The van der Waals surface area contributed by atoms with Gasteiger partial charge < -0.3 is 20.0 Å². The molecule has 0 aliphatic rings. The summed E-state index contributed by atoms with van der Waals surface area (Å²) in [5, 5.41) is 17.3. The van der Waals surface area contributed by atoms with Crippen LogP contribution < -0.4 is 0 Å². The fourth-order valence-electron chi connectivity index (χ4n) is 0.659. The summed E-state index contributed by atoms with van der Waals surface area (Å²) in [6.45, 7) is 0.170. The molecule has 0 aromatic rings. The molecule has 0 fully saturated rings. The molecule has 0 aliphatic carbocycles. The Hall–Kier alpha value is -0.300. The minimum Gasteiger partial charge on any atom is -0.394 e. The smallest absolute Gasteiger partial charge is 0.394 e. The third-order valence-electron chi connectivity index (χ3n) is 1.19. The van der Waals surface area contributed by atoms with E-state index in [1.54, 1.807) is 0 Å². The first-order chi connectivity index (χ1) is 5.78. The zero-order chi connectivity index (χ0) is 10.6. The molecule has 4 N–H and O–H groups in total. The van der Waals surface area contributed by atoms with Gasteiger partial charge in [0.2, 0.25) is 0 Å². The zero-order valence-corrected chi connectivity index (χ0v) is 7.72. The maximum absolute atomic E-state index is 10.7. The van der Waals surface area contributed by atoms with Crippen molar-refractivity contribution in [2.75, 3.05) is 6.61 Å². The van der Waals surface area contributed by atoms with Gasteiger partial charge in [-0.25, -0.2) is 4.57 Å². The molecule has 0 aromatic heterocycles. The Labute approximate surface area is 74.2 Å². The van der Waals surface area contributed by atoms with Gasteiger partial charge in [0.15, 0.2) is 11.9 Å². The quantitative estimate of drug-likeness (QED) is 0.406. The van der Waals surface area contributed by atoms with Gasteiger partial charge in [0.05, 0.1) is 6.61 Å². The third kappa shape index (κ3) is 5.09. The highest BCUT2D eigenvalue weighted by Gasteiger charge is 2.31. The van der Waals surface area contributed by atoms with Gasteiger partial charge in [-0.2, -0.15) is 0 Å². The zero-order valence-electron chi connectivity index (χ0n) is 6.82. The molecule has 2 atom stereocenters. The lowest BCUT2D eigenvalue weighted by Crippen LogP contribution is -2.36. The molecule has 0 saturated carbocycles. The fraction of sp³-hybridized carbons (Fsp3) is 0.800. The number of aliphatic hydroxyl groups is 2. The number of phosphoric acid groups is 1. The van der Waals surface area contributed by atoms with Gasteiger partial charge in [-0.1, -0.05) is 0 Å². The lowest BCUT2D eigenvalue weighted by molar-refractivity contribution is -0.131. The molecule has 0 radical (unpaired) electrons. The number of hydrogen-bond donors (Lipinski definition) is 4. The van der Waals surface area contributed by atoms with Gasteiger partial charge in [-0.05, 0) is 6.92 Å². The summed E-state index contributed by atoms with van der Waals surface area (Å²) < 4.78 is 14.3. The molecule has 13 heavy (non-hydrogen) atoms. The van der Waals surface area contributed by atoms with Crippen LogP contribution in [0.2, 0.25) is 0 Å². The van der Waals surface area contributed by atoms with Crippen LogP contribution in [0.15, 0.2) is 0 Å². The molecule has 7 nitrogen and oxygen atoms in total. The van der Waals surface area contributed by atoms with Crippen LogP contribution >= 0.6 is 7.82 Å². The first kappa shape index (κ1) is 12.7. The number of ketones is 1. The van der Waals surface area contributed by atoms with Crippen LogP contribution in [0.5, 0.6) is 0 Å². The Kier molecular flexibility index (Phi) is 4.69. The Morgan fingerprint density at radius 3 is 2.23 bits per heavy atom. The molecule has 0 unspecified atom stereocenters. The second-order valence-electron chi connectivity index (χ2n) is 2.38. The van der Waals surface area contributed by atoms with E-state index in [4.69, 9.17) is 20.0 Å². The van der Waals surface area contributed by atoms with Crippen LogP contribution in [0.25, 0.3) is 0 Å². The van der Waals surface area contributed by atoms with Crippen LogP contribution in [0.3, 0.4) is 0 Å². The number of aliphatic hydroxyl groups excluding tert-OH is 2. The third-order valence-corrected chi connectivity index (χ3v) is 1.69. The summed E-state index contributed by atoms with van der Waals surface area (Å²) in [5.41, 5.74) is 0. The van der Waals surface area contributed by atoms with Crippen molar-refractivity contribution < 1.29 is 33.9 Å². The van der Waals surface area contributed by atoms with Crippen molar-refractivity contribution in [1.82, 2.24) is 0 Å². The Balaban J connectivity index is 4.45. The van der Waals surface area contributed by atoms with Crippen LogP contribution in [-0.4, -0.2) is 44.6 Å². The summed E-state index contributed by atoms with van der Waals surface area (Å²) in [7, 11) is -4.83. The SMILES string of the molecule is CC(=O)[C@@H](OP(=O)(O)O)[C@H](O)CO. The van der Waals surface area contributed by atoms with Gasteiger partial charge >= 0.3 is 7.82 Å². The highest BCUT2D eigenvalue weighted by Crippen LogP contribution is 2.38. The standard InChI is InChI=1S/C5H11O7P/c1-3(7)5(4(8)2-6)12-13(9,10)11/h4-6,8H,2H2,1H3,(H2,9,10,11)/t4-,5-/m1/s1. The molecular formula is C5H11O7P. The van der Waals surface area contributed by atoms with Crippen molar-refractivity contribution in [2.45, 2.75) is 19.1 Å². The van der Waals surface area contributed by atoms with E-state index in [2.05, 4.69) is 4.52 Å². The fourth-order valence-corrected chi connectivity index (χ4v) is 1.24. The van der Waals surface area contributed by atoms with Crippen LogP contribution in [0.4, 0.5) is 0 Å². The molecular weight excluding hydrogens is 203 g/mol. The molecule has 0 saturated heterocycles. The highest BCUT2D eigenvalue weighted by atomic mass is 31.2. The van der Waals surface area contributed by atoms with Gasteiger partial charge in [-0.3, -0.25) is 9.32 Å². The predicted molar refractivity (Wildman–Crippen MR) is 40.7 cm³/mol. The molecule has 78 valence electrons. The van der Waals surface area contributed by atoms with E-state index in [9.17, 15) is 9.36 Å². The highest BCUT2D eigenvalue weighted by molar-refractivity contribution is 7.46. The van der Waals surface area contributed by atoms with Crippen molar-refractivity contribution in [2.24, 2.45) is 0 Å². The van der Waals surface area contributed by atoms with E-state index >= 15 is 0 Å². The van der Waals surface area contributed by atoms with Gasteiger partial charge in [-0.15, -0.1) is 0 Å². The van der Waals surface area contributed by atoms with Crippen LogP contribution in [0, 0.1) is 0 Å². The minimum atomic E-state index is -4.83. The molecule has 0 aliphatic heterocycles. The lowest BCUT2D eigenvalue weighted by atomic mass is 10.1. The summed E-state index contributed by atoms with van der Waals surface area (Å²) in [6, 6.07) is 0. The van der Waals surface area contributed by atoms with Crippen LogP contribution in [-0.2, 0) is 13.9 Å². The minimum absolute atomic E-state index is 0.773. The maximum Gasteiger partial charge on any atom is 0.470 e. The van der Waals surface area contributed by atoms with Crippen molar-refractivity contribution in [3.63, 3.8) is 0 Å². The van der Waals surface area contributed by atoms with E-state index in [1.807, 2.05) is 0 Å². The molecule has 0 bridgehead atoms. The topological polar surface area (TPSA) is 124 Å². The summed E-state index contributed by atoms with van der Waals surface area (Å²) in [4.78, 5) is 27.3. The van der Waals surface area contributed by atoms with Crippen molar-refractivity contribution in [3.8, 4) is 0 Å². The number of carbonyl (C=O) groups excluding carboxylic acids is 1. The van der Waals surface area contributed by atoms with E-state index in [-0.39, 0.29) is 0 Å². The normalized spacial score (nSPS) is 16.7. The summed E-state index contributed by atoms with van der Waals surface area (Å²) in [5.74, 6) is -0.773.